The van der Waals surface area contributed by atoms with Crippen molar-refractivity contribution in [2.75, 3.05) is 24.6 Å². The van der Waals surface area contributed by atoms with Crippen LogP contribution in [0.3, 0.4) is 0 Å². The van der Waals surface area contributed by atoms with Gasteiger partial charge in [0.1, 0.15) is 17.3 Å². The molecular weight excluding hydrogens is 436 g/mol. The number of carboxylic acid groups (broad SMARTS) is 1. The number of piperidine rings is 1. The first kappa shape index (κ1) is 23.3. The van der Waals surface area contributed by atoms with Crippen molar-refractivity contribution in [1.82, 2.24) is 24.9 Å². The van der Waals surface area contributed by atoms with E-state index in [0.717, 1.165) is 25.2 Å². The second kappa shape index (κ2) is 9.98. The molecule has 0 spiro atoms. The second-order valence-corrected chi connectivity index (χ2v) is 8.50. The van der Waals surface area contributed by atoms with Crippen molar-refractivity contribution in [1.29, 1.82) is 0 Å². The Balaban J connectivity index is 1.53. The minimum absolute atomic E-state index is 0.0720. The Hall–Kier alpha value is -3.82. The van der Waals surface area contributed by atoms with Crippen LogP contribution in [0.25, 0.3) is 11.6 Å². The predicted octanol–water partition coefficient (Wildman–Crippen LogP) is 3.14. The number of pyridine rings is 1. The molecule has 0 bridgehead atoms. The molecule has 1 N–H and O–H groups in total. The van der Waals surface area contributed by atoms with Crippen LogP contribution in [0.5, 0.6) is 11.6 Å². The van der Waals surface area contributed by atoms with Gasteiger partial charge in [0.15, 0.2) is 17.4 Å². The van der Waals surface area contributed by atoms with Crippen LogP contribution in [0.4, 0.5) is 5.82 Å². The van der Waals surface area contributed by atoms with Gasteiger partial charge < -0.3 is 19.5 Å². The quantitative estimate of drug-likeness (QED) is 0.532. The van der Waals surface area contributed by atoms with Crippen molar-refractivity contribution in [3.63, 3.8) is 0 Å². The summed E-state index contributed by atoms with van der Waals surface area (Å²) >= 11 is 0. The van der Waals surface area contributed by atoms with E-state index in [4.69, 9.17) is 9.47 Å². The maximum atomic E-state index is 11.6. The van der Waals surface area contributed by atoms with E-state index in [0.29, 0.717) is 36.3 Å². The molecule has 0 radical (unpaired) electrons. The van der Waals surface area contributed by atoms with Crippen molar-refractivity contribution < 1.29 is 19.4 Å². The van der Waals surface area contributed by atoms with Gasteiger partial charge in [0, 0.05) is 25.1 Å². The third-order valence-corrected chi connectivity index (χ3v) is 5.69. The van der Waals surface area contributed by atoms with Gasteiger partial charge >= 0.3 is 5.97 Å². The van der Waals surface area contributed by atoms with E-state index in [9.17, 15) is 9.90 Å². The van der Waals surface area contributed by atoms with Gasteiger partial charge in [-0.05, 0) is 57.9 Å². The first-order valence-corrected chi connectivity index (χ1v) is 11.3. The Kier molecular flexibility index (Phi) is 6.85. The summed E-state index contributed by atoms with van der Waals surface area (Å²) in [5, 5.41) is 9.53. The smallest absolute Gasteiger partial charge is 0.315 e. The third-order valence-electron chi connectivity index (χ3n) is 5.69. The molecule has 1 unspecified atom stereocenters. The van der Waals surface area contributed by atoms with Crippen molar-refractivity contribution >= 4 is 11.8 Å². The number of ether oxygens (including phenoxy) is 2. The van der Waals surface area contributed by atoms with Crippen LogP contribution in [0, 0.1) is 0 Å². The highest BCUT2D eigenvalue weighted by Gasteiger charge is 2.32. The van der Waals surface area contributed by atoms with Gasteiger partial charge in [-0.15, -0.1) is 0 Å². The number of nitrogens with zero attached hydrogens (tertiary/aromatic N) is 6. The number of rotatable bonds is 8. The van der Waals surface area contributed by atoms with Crippen LogP contribution < -0.4 is 14.4 Å². The SMILES string of the molecule is CCOc1cccnc1OC1CCCN(c2ccnc(-c3nccc(C(C)(C)C(=O)O)n3)n2)C1. The van der Waals surface area contributed by atoms with E-state index in [1.165, 1.54) is 6.20 Å². The summed E-state index contributed by atoms with van der Waals surface area (Å²) < 4.78 is 11.8. The van der Waals surface area contributed by atoms with E-state index < -0.39 is 11.4 Å². The number of carbonyl (C=O) groups is 1. The molecule has 1 fully saturated rings. The van der Waals surface area contributed by atoms with Crippen LogP contribution in [-0.4, -0.2) is 61.8 Å². The maximum absolute atomic E-state index is 11.6. The lowest BCUT2D eigenvalue weighted by atomic mass is 9.89. The largest absolute Gasteiger partial charge is 0.488 e. The van der Waals surface area contributed by atoms with E-state index in [2.05, 4.69) is 29.8 Å². The van der Waals surface area contributed by atoms with Crippen LogP contribution >= 0.6 is 0 Å². The van der Waals surface area contributed by atoms with E-state index in [-0.39, 0.29) is 11.9 Å². The van der Waals surface area contributed by atoms with Gasteiger partial charge in [0.2, 0.25) is 0 Å². The maximum Gasteiger partial charge on any atom is 0.315 e. The lowest BCUT2D eigenvalue weighted by Gasteiger charge is -2.33. The number of hydrogen-bond donors (Lipinski definition) is 1. The molecule has 1 aliphatic rings. The van der Waals surface area contributed by atoms with Gasteiger partial charge in [-0.25, -0.2) is 24.9 Å². The zero-order chi connectivity index (χ0) is 24.1. The van der Waals surface area contributed by atoms with Crippen molar-refractivity contribution in [3.8, 4) is 23.3 Å². The molecule has 1 atom stereocenters. The zero-order valence-corrected chi connectivity index (χ0v) is 19.5. The summed E-state index contributed by atoms with van der Waals surface area (Å²) in [7, 11) is 0. The summed E-state index contributed by atoms with van der Waals surface area (Å²) in [6.45, 7) is 7.12. The molecule has 4 rings (SSSR count). The van der Waals surface area contributed by atoms with Gasteiger partial charge in [0.25, 0.3) is 5.88 Å². The highest BCUT2D eigenvalue weighted by molar-refractivity contribution is 5.79. The van der Waals surface area contributed by atoms with Gasteiger partial charge in [-0.3, -0.25) is 4.79 Å². The minimum atomic E-state index is -1.15. The molecule has 4 heterocycles. The highest BCUT2D eigenvalue weighted by Crippen LogP contribution is 2.28. The molecule has 3 aromatic rings. The Morgan fingerprint density at radius 1 is 1.12 bits per heavy atom. The molecule has 10 nitrogen and oxygen atoms in total. The van der Waals surface area contributed by atoms with Crippen molar-refractivity contribution in [2.45, 2.75) is 45.1 Å². The normalized spacial score (nSPS) is 16.2. The van der Waals surface area contributed by atoms with Gasteiger partial charge in [-0.2, -0.15) is 0 Å². The van der Waals surface area contributed by atoms with Crippen LogP contribution in [0.1, 0.15) is 39.3 Å². The van der Waals surface area contributed by atoms with Crippen LogP contribution in [-0.2, 0) is 10.2 Å². The Morgan fingerprint density at radius 2 is 1.88 bits per heavy atom. The molecule has 0 amide bonds. The lowest BCUT2D eigenvalue weighted by Crippen LogP contribution is -2.41. The average molecular weight is 465 g/mol. The number of hydrogen-bond acceptors (Lipinski definition) is 9. The topological polar surface area (TPSA) is 123 Å². The molecule has 1 saturated heterocycles. The summed E-state index contributed by atoms with van der Waals surface area (Å²) in [5.41, 5.74) is -0.760. The molecular formula is C24H28N6O4. The molecule has 34 heavy (non-hydrogen) atoms. The summed E-state index contributed by atoms with van der Waals surface area (Å²) in [6, 6.07) is 7.11. The molecule has 10 heteroatoms. The fourth-order valence-electron chi connectivity index (χ4n) is 3.69. The van der Waals surface area contributed by atoms with Crippen LogP contribution in [0.15, 0.2) is 42.9 Å². The standard InChI is InChI=1S/C24H28N6O4/c1-4-33-17-8-5-11-27-22(17)34-16-7-6-14-30(15-16)19-10-13-26-21(29-19)20-25-12-9-18(28-20)24(2,3)23(31)32/h5,8-13,16H,4,6-7,14-15H2,1-3H3,(H,31,32). The number of aromatic nitrogens is 5. The van der Waals surface area contributed by atoms with Gasteiger partial charge in [-0.1, -0.05) is 0 Å². The Labute approximate surface area is 198 Å². The van der Waals surface area contributed by atoms with E-state index >= 15 is 0 Å². The predicted molar refractivity (Wildman–Crippen MR) is 125 cm³/mol. The molecule has 178 valence electrons. The summed E-state index contributed by atoms with van der Waals surface area (Å²) in [4.78, 5) is 35.8. The summed E-state index contributed by atoms with van der Waals surface area (Å²) in [6.07, 6.45) is 6.64. The number of anilines is 1. The summed E-state index contributed by atoms with van der Waals surface area (Å²) in [5.74, 6) is 1.52. The van der Waals surface area contributed by atoms with Crippen molar-refractivity contribution in [2.24, 2.45) is 0 Å². The minimum Gasteiger partial charge on any atom is -0.488 e. The van der Waals surface area contributed by atoms with E-state index in [1.54, 1.807) is 32.3 Å². The van der Waals surface area contributed by atoms with E-state index in [1.807, 2.05) is 25.1 Å². The Morgan fingerprint density at radius 3 is 2.65 bits per heavy atom. The third kappa shape index (κ3) is 5.05. The molecule has 1 aliphatic heterocycles. The molecule has 3 aromatic heterocycles. The first-order valence-electron chi connectivity index (χ1n) is 11.3. The zero-order valence-electron chi connectivity index (χ0n) is 19.5. The Bertz CT molecular complexity index is 1160. The second-order valence-electron chi connectivity index (χ2n) is 8.50. The molecule has 0 aromatic carbocycles. The monoisotopic (exact) mass is 464 g/mol. The number of aliphatic carboxylic acids is 1. The van der Waals surface area contributed by atoms with Gasteiger partial charge in [0.05, 0.1) is 18.8 Å². The highest BCUT2D eigenvalue weighted by atomic mass is 16.5. The lowest BCUT2D eigenvalue weighted by molar-refractivity contribution is -0.142. The first-order chi connectivity index (χ1) is 16.4. The number of carboxylic acids is 1. The average Bonchev–Trinajstić information content (AvgIpc) is 2.86. The van der Waals surface area contributed by atoms with Crippen molar-refractivity contribution in [3.05, 3.63) is 48.5 Å². The van der Waals surface area contributed by atoms with Crippen LogP contribution in [0.2, 0.25) is 0 Å². The fraction of sp³-hybridized carbons (Fsp3) is 0.417. The fourth-order valence-corrected chi connectivity index (χ4v) is 3.69. The molecule has 0 aliphatic carbocycles. The molecule has 0 saturated carbocycles.